The summed E-state index contributed by atoms with van der Waals surface area (Å²) in [6.07, 6.45) is 4.68. The van der Waals surface area contributed by atoms with E-state index in [9.17, 15) is 18.4 Å². The lowest BCUT2D eigenvalue weighted by Gasteiger charge is -2.34. The smallest absolute Gasteiger partial charge is 0.257 e. The molecule has 1 aromatic carbocycles. The Kier molecular flexibility index (Phi) is 7.88. The number of pyridine rings is 1. The second kappa shape index (κ2) is 10.9. The van der Waals surface area contributed by atoms with Crippen molar-refractivity contribution in [3.63, 3.8) is 0 Å². The molecule has 1 aromatic heterocycles. The molecule has 1 atom stereocenters. The number of nitrogens with two attached hydrogens (primary N) is 1. The number of alkyl halides is 1. The Labute approximate surface area is 210 Å². The number of carbonyl (C=O) groups is 2. The van der Waals surface area contributed by atoms with E-state index in [1.807, 2.05) is 0 Å². The SMILES string of the molecule is CC(C)(F)CN1CCC(COc2ccc(-c3ccc(C(=O)N4CCCC4C(N)=O)c(F)c3)cn2)CC1. The topological polar surface area (TPSA) is 88.8 Å². The van der Waals surface area contributed by atoms with Crippen molar-refractivity contribution in [2.75, 3.05) is 32.8 Å². The van der Waals surface area contributed by atoms with Crippen molar-refractivity contribution in [3.05, 3.63) is 47.9 Å². The van der Waals surface area contributed by atoms with Crippen LogP contribution >= 0.6 is 0 Å². The van der Waals surface area contributed by atoms with E-state index in [0.717, 1.165) is 25.9 Å². The maximum atomic E-state index is 14.9. The number of ether oxygens (including phenoxy) is 1. The van der Waals surface area contributed by atoms with Crippen molar-refractivity contribution in [1.82, 2.24) is 14.8 Å². The van der Waals surface area contributed by atoms with Gasteiger partial charge >= 0.3 is 0 Å². The molecule has 0 saturated carbocycles. The molecule has 2 saturated heterocycles. The number of piperidine rings is 1. The Morgan fingerprint density at radius 2 is 1.83 bits per heavy atom. The number of nitrogens with zero attached hydrogens (tertiary/aromatic N) is 3. The summed E-state index contributed by atoms with van der Waals surface area (Å²) >= 11 is 0. The minimum atomic E-state index is -1.18. The highest BCUT2D eigenvalue weighted by molar-refractivity contribution is 5.98. The Morgan fingerprint density at radius 1 is 1.11 bits per heavy atom. The molecule has 2 N–H and O–H groups in total. The molecule has 2 aliphatic rings. The van der Waals surface area contributed by atoms with E-state index in [1.165, 1.54) is 17.0 Å². The van der Waals surface area contributed by atoms with E-state index in [1.54, 1.807) is 38.2 Å². The number of likely N-dealkylation sites (tertiary alicyclic amines) is 2. The molecule has 2 amide bonds. The third-order valence-corrected chi connectivity index (χ3v) is 6.88. The molecule has 36 heavy (non-hydrogen) atoms. The van der Waals surface area contributed by atoms with Crippen LogP contribution in [-0.4, -0.2) is 71.1 Å². The van der Waals surface area contributed by atoms with Crippen LogP contribution in [0.1, 0.15) is 49.9 Å². The van der Waals surface area contributed by atoms with Gasteiger partial charge in [-0.05, 0) is 82.3 Å². The van der Waals surface area contributed by atoms with Crippen LogP contribution in [0.4, 0.5) is 8.78 Å². The first-order chi connectivity index (χ1) is 17.1. The number of primary amides is 1. The highest BCUT2D eigenvalue weighted by Gasteiger charge is 2.34. The lowest BCUT2D eigenvalue weighted by Crippen LogP contribution is -2.43. The molecule has 2 fully saturated rings. The highest BCUT2D eigenvalue weighted by atomic mass is 19.1. The number of rotatable bonds is 8. The van der Waals surface area contributed by atoms with Crippen LogP contribution < -0.4 is 10.5 Å². The summed E-state index contributed by atoms with van der Waals surface area (Å²) in [5, 5.41) is 0. The predicted molar refractivity (Wildman–Crippen MR) is 133 cm³/mol. The van der Waals surface area contributed by atoms with Gasteiger partial charge < -0.3 is 20.3 Å². The van der Waals surface area contributed by atoms with Gasteiger partial charge in [0.25, 0.3) is 5.91 Å². The zero-order chi connectivity index (χ0) is 25.9. The van der Waals surface area contributed by atoms with Gasteiger partial charge in [-0.3, -0.25) is 9.59 Å². The second-order valence-corrected chi connectivity index (χ2v) is 10.4. The van der Waals surface area contributed by atoms with Crippen molar-refractivity contribution in [2.45, 2.75) is 51.2 Å². The first-order valence-corrected chi connectivity index (χ1v) is 12.5. The monoisotopic (exact) mass is 500 g/mol. The van der Waals surface area contributed by atoms with Gasteiger partial charge in [0.15, 0.2) is 0 Å². The molecule has 1 unspecified atom stereocenters. The van der Waals surface area contributed by atoms with E-state index in [-0.39, 0.29) is 5.56 Å². The van der Waals surface area contributed by atoms with Gasteiger partial charge in [-0.25, -0.2) is 13.8 Å². The van der Waals surface area contributed by atoms with Crippen molar-refractivity contribution in [1.29, 1.82) is 0 Å². The number of hydrogen-bond donors (Lipinski definition) is 1. The molecule has 4 rings (SSSR count). The molecule has 9 heteroatoms. The summed E-state index contributed by atoms with van der Waals surface area (Å²) in [6, 6.07) is 7.25. The Balaban J connectivity index is 1.32. The second-order valence-electron chi connectivity index (χ2n) is 10.4. The maximum absolute atomic E-state index is 14.9. The Bertz CT molecular complexity index is 1080. The fourth-order valence-electron chi connectivity index (χ4n) is 5.01. The highest BCUT2D eigenvalue weighted by Crippen LogP contribution is 2.27. The van der Waals surface area contributed by atoms with Crippen LogP contribution in [0.2, 0.25) is 0 Å². The molecule has 3 heterocycles. The van der Waals surface area contributed by atoms with Crippen LogP contribution in [0.15, 0.2) is 36.5 Å². The molecule has 0 bridgehead atoms. The van der Waals surface area contributed by atoms with Crippen molar-refractivity contribution >= 4 is 11.8 Å². The van der Waals surface area contributed by atoms with Gasteiger partial charge in [-0.2, -0.15) is 0 Å². The summed E-state index contributed by atoms with van der Waals surface area (Å²) in [4.78, 5) is 32.2. The molecule has 0 spiro atoms. The van der Waals surface area contributed by atoms with Gasteiger partial charge in [-0.1, -0.05) is 6.07 Å². The lowest BCUT2D eigenvalue weighted by molar-refractivity contribution is -0.121. The summed E-state index contributed by atoms with van der Waals surface area (Å²) in [7, 11) is 0. The van der Waals surface area contributed by atoms with Gasteiger partial charge in [0.2, 0.25) is 11.8 Å². The van der Waals surface area contributed by atoms with Crippen LogP contribution in [0, 0.1) is 11.7 Å². The molecular formula is C27H34F2N4O3. The minimum absolute atomic E-state index is 0.0825. The molecule has 0 radical (unpaired) electrons. The number of benzene rings is 1. The zero-order valence-corrected chi connectivity index (χ0v) is 20.9. The number of aromatic nitrogens is 1. The molecule has 0 aliphatic carbocycles. The minimum Gasteiger partial charge on any atom is -0.477 e. The number of carbonyl (C=O) groups excluding carboxylic acids is 2. The molecule has 7 nitrogen and oxygen atoms in total. The normalized spacial score (nSPS) is 19.4. The first-order valence-electron chi connectivity index (χ1n) is 12.5. The van der Waals surface area contributed by atoms with Gasteiger partial charge in [0.05, 0.1) is 12.2 Å². The number of amides is 2. The standard InChI is InChI=1S/C27H34F2N4O3/c1-27(2,29)17-32-12-9-18(10-13-32)16-36-24-8-6-20(15-31-24)19-5-7-21(22(28)14-19)26(35)33-11-3-4-23(33)25(30)34/h5-8,14-15,18,23H,3-4,9-13,16-17H2,1-2H3,(H2,30,34). The van der Waals surface area contributed by atoms with E-state index in [0.29, 0.717) is 55.5 Å². The van der Waals surface area contributed by atoms with Crippen LogP contribution in [-0.2, 0) is 4.79 Å². The van der Waals surface area contributed by atoms with Crippen LogP contribution in [0.3, 0.4) is 0 Å². The fraction of sp³-hybridized carbons (Fsp3) is 0.519. The largest absolute Gasteiger partial charge is 0.477 e. The molecule has 2 aromatic rings. The van der Waals surface area contributed by atoms with E-state index in [2.05, 4.69) is 9.88 Å². The summed E-state index contributed by atoms with van der Waals surface area (Å²) in [5.41, 5.74) is 5.39. The van der Waals surface area contributed by atoms with Crippen molar-refractivity contribution < 1.29 is 23.1 Å². The molecular weight excluding hydrogens is 466 g/mol. The number of halogens is 2. The summed E-state index contributed by atoms with van der Waals surface area (Å²) in [5.74, 6) is -0.867. The average Bonchev–Trinajstić information content (AvgIpc) is 3.33. The van der Waals surface area contributed by atoms with E-state index >= 15 is 0 Å². The summed E-state index contributed by atoms with van der Waals surface area (Å²) < 4.78 is 34.6. The van der Waals surface area contributed by atoms with E-state index in [4.69, 9.17) is 10.5 Å². The maximum Gasteiger partial charge on any atom is 0.257 e. The average molecular weight is 501 g/mol. The Morgan fingerprint density at radius 3 is 2.44 bits per heavy atom. The third kappa shape index (κ3) is 6.37. The number of hydrogen-bond acceptors (Lipinski definition) is 5. The van der Waals surface area contributed by atoms with Gasteiger partial charge in [-0.15, -0.1) is 0 Å². The molecule has 194 valence electrons. The van der Waals surface area contributed by atoms with Crippen LogP contribution in [0.5, 0.6) is 5.88 Å². The molecule has 2 aliphatic heterocycles. The van der Waals surface area contributed by atoms with Gasteiger partial charge in [0, 0.05) is 30.9 Å². The van der Waals surface area contributed by atoms with Crippen molar-refractivity contribution in [2.24, 2.45) is 11.7 Å². The van der Waals surface area contributed by atoms with Gasteiger partial charge in [0.1, 0.15) is 17.5 Å². The predicted octanol–water partition coefficient (Wildman–Crippen LogP) is 3.82. The summed E-state index contributed by atoms with van der Waals surface area (Å²) in [6.45, 7) is 6.31. The van der Waals surface area contributed by atoms with Crippen molar-refractivity contribution in [3.8, 4) is 17.0 Å². The quantitative estimate of drug-likeness (QED) is 0.595. The van der Waals surface area contributed by atoms with E-state index < -0.39 is 29.3 Å². The third-order valence-electron chi connectivity index (χ3n) is 6.88. The first kappa shape index (κ1) is 26.0. The fourth-order valence-corrected chi connectivity index (χ4v) is 5.01. The Hall–Kier alpha value is -3.07. The zero-order valence-electron chi connectivity index (χ0n) is 20.9. The van der Waals surface area contributed by atoms with Crippen LogP contribution in [0.25, 0.3) is 11.1 Å². The lowest BCUT2D eigenvalue weighted by atomic mass is 9.97.